The number of hydrogen-bond donors (Lipinski definition) is 1. The zero-order chi connectivity index (χ0) is 15.1. The SMILES string of the molecule is CN(Cc1ccccn1)C(=O)c1ccncc1C#CCO. The number of aliphatic hydroxyl groups is 1. The second-order valence-corrected chi connectivity index (χ2v) is 4.36. The number of hydrogen-bond acceptors (Lipinski definition) is 4. The maximum Gasteiger partial charge on any atom is 0.255 e. The van der Waals surface area contributed by atoms with Crippen LogP contribution in [0.3, 0.4) is 0 Å². The lowest BCUT2D eigenvalue weighted by molar-refractivity contribution is 0.0783. The smallest absolute Gasteiger partial charge is 0.255 e. The van der Waals surface area contributed by atoms with Gasteiger partial charge in [-0.05, 0) is 18.2 Å². The Kier molecular flexibility index (Phi) is 5.02. The van der Waals surface area contributed by atoms with E-state index in [1.54, 1.807) is 30.4 Å². The van der Waals surface area contributed by atoms with E-state index in [9.17, 15) is 4.79 Å². The van der Waals surface area contributed by atoms with Crippen LogP contribution in [-0.4, -0.2) is 39.5 Å². The third-order valence-corrected chi connectivity index (χ3v) is 2.83. The van der Waals surface area contributed by atoms with Crippen LogP contribution >= 0.6 is 0 Å². The molecule has 2 aromatic rings. The summed E-state index contributed by atoms with van der Waals surface area (Å²) in [6, 6.07) is 7.20. The summed E-state index contributed by atoms with van der Waals surface area (Å²) in [4.78, 5) is 22.2. The van der Waals surface area contributed by atoms with E-state index >= 15 is 0 Å². The highest BCUT2D eigenvalue weighted by atomic mass is 16.2. The molecule has 0 saturated carbocycles. The number of aliphatic hydroxyl groups excluding tert-OH is 1. The van der Waals surface area contributed by atoms with Crippen LogP contribution in [0.1, 0.15) is 21.6 Å². The molecule has 0 fully saturated rings. The highest BCUT2D eigenvalue weighted by Gasteiger charge is 2.15. The summed E-state index contributed by atoms with van der Waals surface area (Å²) in [5, 5.41) is 8.76. The molecule has 0 bridgehead atoms. The van der Waals surface area contributed by atoms with Crippen LogP contribution in [0.15, 0.2) is 42.9 Å². The summed E-state index contributed by atoms with van der Waals surface area (Å²) in [5.74, 6) is 5.11. The molecule has 0 unspecified atom stereocenters. The van der Waals surface area contributed by atoms with Gasteiger partial charge in [-0.2, -0.15) is 0 Å². The molecule has 0 radical (unpaired) electrons. The first kappa shape index (κ1) is 14.7. The Morgan fingerprint density at radius 2 is 2.19 bits per heavy atom. The van der Waals surface area contributed by atoms with E-state index in [-0.39, 0.29) is 12.5 Å². The number of rotatable bonds is 3. The molecule has 2 aromatic heterocycles. The number of carbonyl (C=O) groups excluding carboxylic acids is 1. The van der Waals surface area contributed by atoms with Crippen molar-refractivity contribution in [2.75, 3.05) is 13.7 Å². The number of amides is 1. The van der Waals surface area contributed by atoms with Crippen LogP contribution in [0.4, 0.5) is 0 Å². The first-order valence-electron chi connectivity index (χ1n) is 6.41. The molecule has 0 aliphatic heterocycles. The predicted molar refractivity (Wildman–Crippen MR) is 78.2 cm³/mol. The van der Waals surface area contributed by atoms with Crippen LogP contribution < -0.4 is 0 Å². The second-order valence-electron chi connectivity index (χ2n) is 4.36. The third-order valence-electron chi connectivity index (χ3n) is 2.83. The lowest BCUT2D eigenvalue weighted by Crippen LogP contribution is -2.27. The van der Waals surface area contributed by atoms with E-state index < -0.39 is 0 Å². The van der Waals surface area contributed by atoms with E-state index in [2.05, 4.69) is 21.8 Å². The number of carbonyl (C=O) groups is 1. The van der Waals surface area contributed by atoms with E-state index in [1.807, 2.05) is 18.2 Å². The topological polar surface area (TPSA) is 66.3 Å². The Bertz CT molecular complexity index is 675. The average molecular weight is 281 g/mol. The van der Waals surface area contributed by atoms with Crippen molar-refractivity contribution in [3.8, 4) is 11.8 Å². The highest BCUT2D eigenvalue weighted by Crippen LogP contribution is 2.10. The van der Waals surface area contributed by atoms with Crippen molar-refractivity contribution in [3.63, 3.8) is 0 Å². The molecular formula is C16H15N3O2. The number of pyridine rings is 2. The second kappa shape index (κ2) is 7.17. The summed E-state index contributed by atoms with van der Waals surface area (Å²) in [5.41, 5.74) is 1.78. The summed E-state index contributed by atoms with van der Waals surface area (Å²) in [6.07, 6.45) is 4.76. The first-order valence-corrected chi connectivity index (χ1v) is 6.41. The molecule has 1 amide bonds. The van der Waals surface area contributed by atoms with Gasteiger partial charge in [-0.3, -0.25) is 14.8 Å². The molecule has 0 saturated heterocycles. The summed E-state index contributed by atoms with van der Waals surface area (Å²) < 4.78 is 0. The van der Waals surface area contributed by atoms with Crippen molar-refractivity contribution in [2.45, 2.75) is 6.54 Å². The molecule has 0 aliphatic rings. The molecule has 2 heterocycles. The largest absolute Gasteiger partial charge is 0.384 e. The van der Waals surface area contributed by atoms with Gasteiger partial charge in [-0.25, -0.2) is 0 Å². The minimum absolute atomic E-state index is 0.162. The Hall–Kier alpha value is -2.71. The highest BCUT2D eigenvalue weighted by molar-refractivity contribution is 5.96. The van der Waals surface area contributed by atoms with Crippen LogP contribution in [0.5, 0.6) is 0 Å². The molecule has 5 nitrogen and oxygen atoms in total. The van der Waals surface area contributed by atoms with Crippen molar-refractivity contribution >= 4 is 5.91 Å². The van der Waals surface area contributed by atoms with Gasteiger partial charge in [0.25, 0.3) is 5.91 Å². The molecule has 21 heavy (non-hydrogen) atoms. The van der Waals surface area contributed by atoms with Gasteiger partial charge in [0.2, 0.25) is 0 Å². The average Bonchev–Trinajstić information content (AvgIpc) is 2.53. The van der Waals surface area contributed by atoms with Crippen LogP contribution in [0, 0.1) is 11.8 Å². The third kappa shape index (κ3) is 3.88. The van der Waals surface area contributed by atoms with Gasteiger partial charge >= 0.3 is 0 Å². The normalized spacial score (nSPS) is 9.62. The van der Waals surface area contributed by atoms with E-state index in [1.165, 1.54) is 6.20 Å². The Morgan fingerprint density at radius 3 is 2.90 bits per heavy atom. The van der Waals surface area contributed by atoms with Crippen molar-refractivity contribution in [1.82, 2.24) is 14.9 Å². The van der Waals surface area contributed by atoms with Gasteiger partial charge < -0.3 is 10.0 Å². The van der Waals surface area contributed by atoms with Gasteiger partial charge in [0, 0.05) is 25.6 Å². The van der Waals surface area contributed by atoms with Gasteiger partial charge in [-0.1, -0.05) is 17.9 Å². The van der Waals surface area contributed by atoms with Crippen molar-refractivity contribution in [3.05, 3.63) is 59.7 Å². The molecule has 106 valence electrons. The van der Waals surface area contributed by atoms with Crippen LogP contribution in [-0.2, 0) is 6.54 Å². The first-order chi connectivity index (χ1) is 10.2. The van der Waals surface area contributed by atoms with Crippen LogP contribution in [0.2, 0.25) is 0 Å². The monoisotopic (exact) mass is 281 g/mol. The fourth-order valence-corrected chi connectivity index (χ4v) is 1.83. The van der Waals surface area contributed by atoms with Crippen molar-refractivity contribution in [2.24, 2.45) is 0 Å². The number of aromatic nitrogens is 2. The standard InChI is InChI=1S/C16H15N3O2/c1-19(12-14-6-2-3-8-18-14)16(21)15-7-9-17-11-13(15)5-4-10-20/h2-3,6-9,11,20H,10,12H2,1H3. The molecule has 0 aliphatic carbocycles. The van der Waals surface area contributed by atoms with Gasteiger partial charge in [0.1, 0.15) is 6.61 Å². The summed E-state index contributed by atoms with van der Waals surface area (Å²) in [7, 11) is 1.71. The maximum atomic E-state index is 12.5. The minimum atomic E-state index is -0.258. The van der Waals surface area contributed by atoms with Gasteiger partial charge in [0.15, 0.2) is 0 Å². The van der Waals surface area contributed by atoms with Gasteiger partial charge in [0.05, 0.1) is 23.4 Å². The van der Waals surface area contributed by atoms with E-state index in [0.717, 1.165) is 5.69 Å². The molecule has 0 atom stereocenters. The quantitative estimate of drug-likeness (QED) is 0.855. The minimum Gasteiger partial charge on any atom is -0.384 e. The fourth-order valence-electron chi connectivity index (χ4n) is 1.83. The molecule has 1 N–H and O–H groups in total. The lowest BCUT2D eigenvalue weighted by Gasteiger charge is -2.17. The molecule has 0 aromatic carbocycles. The summed E-state index contributed by atoms with van der Waals surface area (Å²) in [6.45, 7) is 0.154. The summed E-state index contributed by atoms with van der Waals surface area (Å²) >= 11 is 0. The number of nitrogens with zero attached hydrogens (tertiary/aromatic N) is 3. The van der Waals surface area contributed by atoms with Crippen molar-refractivity contribution in [1.29, 1.82) is 0 Å². The lowest BCUT2D eigenvalue weighted by atomic mass is 10.1. The zero-order valence-corrected chi connectivity index (χ0v) is 11.7. The van der Waals surface area contributed by atoms with Crippen LogP contribution in [0.25, 0.3) is 0 Å². The molecule has 5 heteroatoms. The maximum absolute atomic E-state index is 12.5. The van der Waals surface area contributed by atoms with Crippen molar-refractivity contribution < 1.29 is 9.90 Å². The predicted octanol–water partition coefficient (Wildman–Crippen LogP) is 1.09. The molecule has 0 spiro atoms. The molecular weight excluding hydrogens is 266 g/mol. The Morgan fingerprint density at radius 1 is 1.33 bits per heavy atom. The Labute approximate surface area is 123 Å². The zero-order valence-electron chi connectivity index (χ0n) is 11.7. The van der Waals surface area contributed by atoms with E-state index in [4.69, 9.17) is 5.11 Å². The van der Waals surface area contributed by atoms with E-state index in [0.29, 0.717) is 17.7 Å². The Balaban J connectivity index is 2.20. The molecule has 2 rings (SSSR count). The van der Waals surface area contributed by atoms with Gasteiger partial charge in [-0.15, -0.1) is 0 Å². The fraction of sp³-hybridized carbons (Fsp3) is 0.188.